The van der Waals surface area contributed by atoms with Crippen molar-refractivity contribution < 1.29 is 9.90 Å². The maximum atomic E-state index is 11.6. The summed E-state index contributed by atoms with van der Waals surface area (Å²) < 4.78 is 0. The van der Waals surface area contributed by atoms with Gasteiger partial charge in [0.2, 0.25) is 5.91 Å². The number of nitrogens with two attached hydrogens (primary N) is 1. The highest BCUT2D eigenvalue weighted by molar-refractivity contribution is 8.00. The second-order valence-corrected chi connectivity index (χ2v) is 5.92. The van der Waals surface area contributed by atoms with Gasteiger partial charge in [-0.3, -0.25) is 4.79 Å². The van der Waals surface area contributed by atoms with Crippen molar-refractivity contribution >= 4 is 17.7 Å². The second kappa shape index (κ2) is 5.89. The number of rotatable bonds is 8. The van der Waals surface area contributed by atoms with E-state index in [1.165, 1.54) is 0 Å². The Labute approximate surface area is 101 Å². The predicted molar refractivity (Wildman–Crippen MR) is 67.3 cm³/mol. The van der Waals surface area contributed by atoms with Gasteiger partial charge in [0.05, 0.1) is 0 Å². The number of thioether (sulfide) groups is 1. The van der Waals surface area contributed by atoms with Gasteiger partial charge in [-0.25, -0.2) is 0 Å². The zero-order valence-electron chi connectivity index (χ0n) is 10.0. The van der Waals surface area contributed by atoms with Gasteiger partial charge < -0.3 is 16.2 Å². The quantitative estimate of drug-likeness (QED) is 0.577. The number of nitrogens with one attached hydrogen (secondary N) is 1. The molecule has 2 unspecified atom stereocenters. The molecule has 1 amide bonds. The fraction of sp³-hybridized carbons (Fsp3) is 0.909. The molecule has 5 heteroatoms. The molecule has 1 aliphatic carbocycles. The fourth-order valence-electron chi connectivity index (χ4n) is 1.90. The first-order valence-corrected chi connectivity index (χ1v) is 6.83. The number of carbonyl (C=O) groups excluding carboxylic acids is 1. The molecule has 16 heavy (non-hydrogen) atoms. The van der Waals surface area contributed by atoms with Crippen molar-refractivity contribution in [3.8, 4) is 0 Å². The van der Waals surface area contributed by atoms with Crippen LogP contribution in [0, 0.1) is 5.92 Å². The van der Waals surface area contributed by atoms with E-state index < -0.39 is 5.54 Å². The molecule has 0 aromatic rings. The van der Waals surface area contributed by atoms with E-state index in [0.29, 0.717) is 16.9 Å². The third-order valence-corrected chi connectivity index (χ3v) is 4.72. The highest BCUT2D eigenvalue weighted by atomic mass is 32.2. The maximum Gasteiger partial charge on any atom is 0.238 e. The Hall–Kier alpha value is -0.260. The average molecular weight is 246 g/mol. The number of hydrogen-bond acceptors (Lipinski definition) is 4. The minimum atomic E-state index is -0.547. The van der Waals surface area contributed by atoms with Crippen LogP contribution in [0.4, 0.5) is 0 Å². The Morgan fingerprint density at radius 1 is 1.69 bits per heavy atom. The molecule has 0 aromatic carbocycles. The van der Waals surface area contributed by atoms with Crippen molar-refractivity contribution in [2.24, 2.45) is 11.7 Å². The monoisotopic (exact) mass is 246 g/mol. The Kier molecular flexibility index (Phi) is 5.08. The van der Waals surface area contributed by atoms with Crippen LogP contribution >= 0.6 is 11.8 Å². The molecule has 0 spiro atoms. The average Bonchev–Trinajstić information content (AvgIpc) is 3.04. The predicted octanol–water partition coefficient (Wildman–Crippen LogP) is 0.344. The zero-order valence-corrected chi connectivity index (χ0v) is 10.8. The van der Waals surface area contributed by atoms with Gasteiger partial charge in [0.15, 0.2) is 0 Å². The van der Waals surface area contributed by atoms with Crippen molar-refractivity contribution in [1.82, 2.24) is 5.32 Å². The van der Waals surface area contributed by atoms with Gasteiger partial charge in [-0.15, -0.1) is 0 Å². The molecular formula is C11H22N2O2S. The number of amides is 1. The van der Waals surface area contributed by atoms with E-state index in [1.54, 1.807) is 18.8 Å². The van der Waals surface area contributed by atoms with E-state index in [2.05, 4.69) is 12.2 Å². The van der Waals surface area contributed by atoms with E-state index in [4.69, 9.17) is 10.8 Å². The topological polar surface area (TPSA) is 75.3 Å². The molecule has 4 nitrogen and oxygen atoms in total. The van der Waals surface area contributed by atoms with Crippen LogP contribution in [0.15, 0.2) is 0 Å². The van der Waals surface area contributed by atoms with Gasteiger partial charge >= 0.3 is 0 Å². The summed E-state index contributed by atoms with van der Waals surface area (Å²) in [5.74, 6) is 0.843. The van der Waals surface area contributed by atoms with Gasteiger partial charge in [0.25, 0.3) is 0 Å². The van der Waals surface area contributed by atoms with Crippen LogP contribution in [0.25, 0.3) is 0 Å². The van der Waals surface area contributed by atoms with Gasteiger partial charge in [-0.05, 0) is 32.2 Å². The van der Waals surface area contributed by atoms with E-state index >= 15 is 0 Å². The molecule has 0 saturated heterocycles. The summed E-state index contributed by atoms with van der Waals surface area (Å²) in [6, 6.07) is 0. The summed E-state index contributed by atoms with van der Waals surface area (Å²) in [5.41, 5.74) is 4.97. The molecule has 1 saturated carbocycles. The first-order chi connectivity index (χ1) is 7.56. The molecule has 0 heterocycles. The molecule has 2 atom stereocenters. The van der Waals surface area contributed by atoms with E-state index in [9.17, 15) is 4.79 Å². The molecule has 0 bridgehead atoms. The third-order valence-electron chi connectivity index (χ3n) is 3.29. The fourth-order valence-corrected chi connectivity index (χ4v) is 3.25. The molecular weight excluding hydrogens is 224 g/mol. The lowest BCUT2D eigenvalue weighted by molar-refractivity contribution is -0.124. The van der Waals surface area contributed by atoms with Gasteiger partial charge in [-0.1, -0.05) is 6.92 Å². The van der Waals surface area contributed by atoms with Crippen LogP contribution in [-0.4, -0.2) is 41.2 Å². The Balaban J connectivity index is 2.53. The Morgan fingerprint density at radius 3 is 2.69 bits per heavy atom. The van der Waals surface area contributed by atoms with Crippen LogP contribution in [-0.2, 0) is 4.79 Å². The largest absolute Gasteiger partial charge is 0.396 e. The van der Waals surface area contributed by atoms with E-state index in [0.717, 1.165) is 19.3 Å². The lowest BCUT2D eigenvalue weighted by atomic mass is 9.95. The van der Waals surface area contributed by atoms with Crippen molar-refractivity contribution in [3.05, 3.63) is 0 Å². The van der Waals surface area contributed by atoms with Gasteiger partial charge in [0, 0.05) is 17.6 Å². The molecule has 0 aromatic heterocycles. The molecule has 1 aliphatic rings. The van der Waals surface area contributed by atoms with Crippen LogP contribution in [0.2, 0.25) is 0 Å². The van der Waals surface area contributed by atoms with Crippen molar-refractivity contribution in [2.45, 2.75) is 37.0 Å². The third kappa shape index (κ3) is 3.12. The number of aliphatic hydroxyl groups excluding tert-OH is 1. The first-order valence-electron chi connectivity index (χ1n) is 5.78. The normalized spacial score (nSPS) is 21.4. The first kappa shape index (κ1) is 13.8. The van der Waals surface area contributed by atoms with Crippen molar-refractivity contribution in [3.63, 3.8) is 0 Å². The van der Waals surface area contributed by atoms with Gasteiger partial charge in [-0.2, -0.15) is 11.8 Å². The van der Waals surface area contributed by atoms with Gasteiger partial charge in [0.1, 0.15) is 5.54 Å². The minimum absolute atomic E-state index is 0.195. The Bertz CT molecular complexity index is 246. The summed E-state index contributed by atoms with van der Waals surface area (Å²) >= 11 is 1.71. The molecule has 94 valence electrons. The number of hydrogen-bond donors (Lipinski definition) is 3. The SMILES string of the molecule is CNC(CSC(C)CCO)(C(N)=O)C1CC1. The standard InChI is InChI=1S/C11H22N2O2S/c1-8(5-6-14)16-7-11(13-2,10(12)15)9-3-4-9/h8-9,13-14H,3-7H2,1-2H3,(H2,12,15). The summed E-state index contributed by atoms with van der Waals surface area (Å²) in [4.78, 5) is 11.6. The summed E-state index contributed by atoms with van der Waals surface area (Å²) in [6.45, 7) is 2.26. The molecule has 1 fully saturated rings. The number of carbonyl (C=O) groups is 1. The van der Waals surface area contributed by atoms with E-state index in [1.807, 2.05) is 0 Å². The van der Waals surface area contributed by atoms with Crippen LogP contribution < -0.4 is 11.1 Å². The number of likely N-dealkylation sites (N-methyl/N-ethyl adjacent to an activating group) is 1. The molecule has 0 radical (unpaired) electrons. The van der Waals surface area contributed by atoms with E-state index in [-0.39, 0.29) is 12.5 Å². The number of aliphatic hydroxyl groups is 1. The summed E-state index contributed by atoms with van der Waals surface area (Å²) in [5, 5.41) is 12.3. The van der Waals surface area contributed by atoms with Crippen molar-refractivity contribution in [1.29, 1.82) is 0 Å². The van der Waals surface area contributed by atoms with Crippen molar-refractivity contribution in [2.75, 3.05) is 19.4 Å². The summed E-state index contributed by atoms with van der Waals surface area (Å²) in [7, 11) is 1.81. The smallest absolute Gasteiger partial charge is 0.238 e. The lowest BCUT2D eigenvalue weighted by Gasteiger charge is -2.31. The maximum absolute atomic E-state index is 11.6. The highest BCUT2D eigenvalue weighted by Gasteiger charge is 2.48. The minimum Gasteiger partial charge on any atom is -0.396 e. The molecule has 0 aliphatic heterocycles. The summed E-state index contributed by atoms with van der Waals surface area (Å²) in [6.07, 6.45) is 2.92. The van der Waals surface area contributed by atoms with Crippen LogP contribution in [0.1, 0.15) is 26.2 Å². The molecule has 1 rings (SSSR count). The lowest BCUT2D eigenvalue weighted by Crippen LogP contribution is -2.58. The van der Waals surface area contributed by atoms with Crippen LogP contribution in [0.3, 0.4) is 0 Å². The number of primary amides is 1. The highest BCUT2D eigenvalue weighted by Crippen LogP contribution is 2.41. The Morgan fingerprint density at radius 2 is 2.31 bits per heavy atom. The second-order valence-electron chi connectivity index (χ2n) is 4.49. The molecule has 4 N–H and O–H groups in total. The van der Waals surface area contributed by atoms with Crippen LogP contribution in [0.5, 0.6) is 0 Å². The zero-order chi connectivity index (χ0) is 12.2.